The molecule has 1 rings (SSSR count). The largest absolute Gasteiger partial charge is 0.364 e. The fourth-order valence-corrected chi connectivity index (χ4v) is 0.695. The molecule has 1 amide bonds. The SMILES string of the molecule is Cc1nc(F)cnc1C(N)=O. The number of primary amides is 1. The Hall–Kier alpha value is -1.52. The van der Waals surface area contributed by atoms with Crippen LogP contribution in [0.4, 0.5) is 4.39 Å². The maximum Gasteiger partial charge on any atom is 0.269 e. The van der Waals surface area contributed by atoms with Crippen LogP contribution < -0.4 is 5.73 Å². The molecule has 0 bridgehead atoms. The van der Waals surface area contributed by atoms with Crippen LogP contribution in [0, 0.1) is 12.9 Å². The highest BCUT2D eigenvalue weighted by Crippen LogP contribution is 1.99. The van der Waals surface area contributed by atoms with Crippen LogP contribution in [0.5, 0.6) is 0 Å². The van der Waals surface area contributed by atoms with E-state index in [0.29, 0.717) is 0 Å². The van der Waals surface area contributed by atoms with Gasteiger partial charge < -0.3 is 5.73 Å². The first-order valence-corrected chi connectivity index (χ1v) is 2.90. The first-order valence-electron chi connectivity index (χ1n) is 2.90. The summed E-state index contributed by atoms with van der Waals surface area (Å²) in [6.07, 6.45) is 0.854. The van der Waals surface area contributed by atoms with Crippen LogP contribution in [-0.2, 0) is 0 Å². The highest BCUT2D eigenvalue weighted by Gasteiger charge is 2.07. The minimum atomic E-state index is -0.715. The monoisotopic (exact) mass is 155 g/mol. The zero-order chi connectivity index (χ0) is 8.43. The third kappa shape index (κ3) is 1.49. The topological polar surface area (TPSA) is 68.9 Å². The van der Waals surface area contributed by atoms with Crippen molar-refractivity contribution in [2.45, 2.75) is 6.92 Å². The summed E-state index contributed by atoms with van der Waals surface area (Å²) in [5.74, 6) is -1.41. The number of aromatic nitrogens is 2. The molecular weight excluding hydrogens is 149 g/mol. The van der Waals surface area contributed by atoms with Crippen molar-refractivity contribution in [2.24, 2.45) is 5.73 Å². The molecule has 0 saturated heterocycles. The number of aryl methyl sites for hydroxylation is 1. The Bertz CT molecular complexity index is 300. The van der Waals surface area contributed by atoms with E-state index in [1.165, 1.54) is 6.92 Å². The standard InChI is InChI=1S/C6H6FN3O/c1-3-5(6(8)11)9-2-4(7)10-3/h2H,1H3,(H2,8,11). The van der Waals surface area contributed by atoms with E-state index in [1.807, 2.05) is 0 Å². The Morgan fingerprint density at radius 1 is 1.73 bits per heavy atom. The molecule has 0 aromatic carbocycles. The maximum atomic E-state index is 12.3. The average molecular weight is 155 g/mol. The molecule has 0 spiro atoms. The van der Waals surface area contributed by atoms with Crippen molar-refractivity contribution in [3.05, 3.63) is 23.5 Å². The van der Waals surface area contributed by atoms with Gasteiger partial charge in [-0.2, -0.15) is 4.39 Å². The first-order chi connectivity index (χ1) is 5.11. The molecule has 11 heavy (non-hydrogen) atoms. The van der Waals surface area contributed by atoms with Gasteiger partial charge in [-0.25, -0.2) is 9.97 Å². The second-order valence-electron chi connectivity index (χ2n) is 1.99. The molecule has 4 nitrogen and oxygen atoms in total. The lowest BCUT2D eigenvalue weighted by atomic mass is 10.3. The molecule has 2 N–H and O–H groups in total. The lowest BCUT2D eigenvalue weighted by molar-refractivity contribution is 0.0994. The van der Waals surface area contributed by atoms with E-state index in [-0.39, 0.29) is 11.4 Å². The average Bonchev–Trinajstić information content (AvgIpc) is 1.85. The van der Waals surface area contributed by atoms with Crippen molar-refractivity contribution in [1.82, 2.24) is 9.97 Å². The third-order valence-corrected chi connectivity index (χ3v) is 1.15. The van der Waals surface area contributed by atoms with E-state index in [9.17, 15) is 9.18 Å². The number of amides is 1. The molecule has 0 atom stereocenters. The highest BCUT2D eigenvalue weighted by atomic mass is 19.1. The van der Waals surface area contributed by atoms with Crippen LogP contribution >= 0.6 is 0 Å². The van der Waals surface area contributed by atoms with Gasteiger partial charge in [0.05, 0.1) is 11.9 Å². The smallest absolute Gasteiger partial charge is 0.269 e. The van der Waals surface area contributed by atoms with Gasteiger partial charge in [0.2, 0.25) is 5.95 Å². The van der Waals surface area contributed by atoms with Crippen molar-refractivity contribution in [2.75, 3.05) is 0 Å². The molecule has 0 aliphatic rings. The van der Waals surface area contributed by atoms with Crippen LogP contribution in [0.2, 0.25) is 0 Å². The van der Waals surface area contributed by atoms with Crippen molar-refractivity contribution >= 4 is 5.91 Å². The summed E-state index contributed by atoms with van der Waals surface area (Å²) in [6, 6.07) is 0. The zero-order valence-corrected chi connectivity index (χ0v) is 5.84. The van der Waals surface area contributed by atoms with Gasteiger partial charge in [-0.15, -0.1) is 0 Å². The summed E-state index contributed by atoms with van der Waals surface area (Å²) in [5.41, 5.74) is 5.11. The summed E-state index contributed by atoms with van der Waals surface area (Å²) in [6.45, 7) is 1.47. The Morgan fingerprint density at radius 3 is 2.82 bits per heavy atom. The Morgan fingerprint density at radius 2 is 2.36 bits per heavy atom. The van der Waals surface area contributed by atoms with E-state index >= 15 is 0 Å². The number of hydrogen-bond donors (Lipinski definition) is 1. The summed E-state index contributed by atoms with van der Waals surface area (Å²) in [4.78, 5) is 17.4. The van der Waals surface area contributed by atoms with Gasteiger partial charge in [-0.3, -0.25) is 4.79 Å². The molecule has 0 aliphatic heterocycles. The molecule has 1 aromatic heterocycles. The molecule has 1 heterocycles. The molecule has 0 radical (unpaired) electrons. The van der Waals surface area contributed by atoms with Crippen molar-refractivity contribution < 1.29 is 9.18 Å². The number of hydrogen-bond acceptors (Lipinski definition) is 3. The predicted octanol–water partition coefficient (Wildman–Crippen LogP) is 0.0230. The highest BCUT2D eigenvalue weighted by molar-refractivity contribution is 5.91. The molecule has 58 valence electrons. The van der Waals surface area contributed by atoms with Crippen LogP contribution in [0.15, 0.2) is 6.20 Å². The van der Waals surface area contributed by atoms with Gasteiger partial charge in [-0.05, 0) is 6.92 Å². The number of halogens is 1. The van der Waals surface area contributed by atoms with Crippen LogP contribution in [0.3, 0.4) is 0 Å². The maximum absolute atomic E-state index is 12.3. The zero-order valence-electron chi connectivity index (χ0n) is 5.84. The Balaban J connectivity index is 3.20. The van der Waals surface area contributed by atoms with Crippen molar-refractivity contribution in [3.63, 3.8) is 0 Å². The number of nitrogens with two attached hydrogens (primary N) is 1. The summed E-state index contributed by atoms with van der Waals surface area (Å²) in [7, 11) is 0. The Labute approximate surface area is 62.3 Å². The van der Waals surface area contributed by atoms with E-state index in [4.69, 9.17) is 5.73 Å². The van der Waals surface area contributed by atoms with E-state index in [2.05, 4.69) is 9.97 Å². The van der Waals surface area contributed by atoms with Crippen molar-refractivity contribution in [3.8, 4) is 0 Å². The minimum Gasteiger partial charge on any atom is -0.364 e. The molecule has 0 fully saturated rings. The second-order valence-corrected chi connectivity index (χ2v) is 1.99. The first kappa shape index (κ1) is 7.59. The lowest BCUT2D eigenvalue weighted by Crippen LogP contribution is -2.16. The van der Waals surface area contributed by atoms with Gasteiger partial charge in [0, 0.05) is 0 Å². The van der Waals surface area contributed by atoms with Gasteiger partial charge in [-0.1, -0.05) is 0 Å². The molecule has 1 aromatic rings. The number of rotatable bonds is 1. The summed E-state index contributed by atoms with van der Waals surface area (Å²) >= 11 is 0. The summed E-state index contributed by atoms with van der Waals surface area (Å²) in [5, 5.41) is 0. The number of carbonyl (C=O) groups is 1. The van der Waals surface area contributed by atoms with Crippen LogP contribution in [-0.4, -0.2) is 15.9 Å². The molecule has 0 aliphatic carbocycles. The van der Waals surface area contributed by atoms with Gasteiger partial charge in [0.25, 0.3) is 5.91 Å². The van der Waals surface area contributed by atoms with Crippen molar-refractivity contribution in [1.29, 1.82) is 0 Å². The number of carbonyl (C=O) groups excluding carboxylic acids is 1. The minimum absolute atomic E-state index is 0.00593. The van der Waals surface area contributed by atoms with Crippen LogP contribution in [0.25, 0.3) is 0 Å². The van der Waals surface area contributed by atoms with E-state index < -0.39 is 11.9 Å². The van der Waals surface area contributed by atoms with E-state index in [1.54, 1.807) is 0 Å². The predicted molar refractivity (Wildman–Crippen MR) is 35.2 cm³/mol. The molecule has 0 saturated carbocycles. The van der Waals surface area contributed by atoms with Gasteiger partial charge in [0.15, 0.2) is 0 Å². The normalized spacial score (nSPS) is 9.64. The fraction of sp³-hybridized carbons (Fsp3) is 0.167. The fourth-order valence-electron chi connectivity index (χ4n) is 0.695. The molecule has 5 heteroatoms. The Kier molecular flexibility index (Phi) is 1.80. The van der Waals surface area contributed by atoms with Gasteiger partial charge in [0.1, 0.15) is 5.69 Å². The second kappa shape index (κ2) is 2.61. The lowest BCUT2D eigenvalue weighted by Gasteiger charge is -1.97. The van der Waals surface area contributed by atoms with E-state index in [0.717, 1.165) is 6.20 Å². The molecule has 0 unspecified atom stereocenters. The quantitative estimate of drug-likeness (QED) is 0.621. The van der Waals surface area contributed by atoms with Gasteiger partial charge >= 0.3 is 0 Å². The molecular formula is C6H6FN3O. The van der Waals surface area contributed by atoms with Crippen LogP contribution in [0.1, 0.15) is 16.2 Å². The number of nitrogens with zero attached hydrogens (tertiary/aromatic N) is 2. The third-order valence-electron chi connectivity index (χ3n) is 1.15. The summed E-state index contributed by atoms with van der Waals surface area (Å²) < 4.78 is 12.3.